The molecule has 0 unspecified atom stereocenters. The molecular formula is C12H16BrN3O2. The van der Waals surface area contributed by atoms with Gasteiger partial charge in [0.2, 0.25) is 5.91 Å². The fourth-order valence-corrected chi connectivity index (χ4v) is 1.86. The van der Waals surface area contributed by atoms with Gasteiger partial charge in [0.05, 0.1) is 6.54 Å². The van der Waals surface area contributed by atoms with E-state index in [1.54, 1.807) is 25.4 Å². The van der Waals surface area contributed by atoms with Crippen LogP contribution < -0.4 is 5.32 Å². The molecule has 18 heavy (non-hydrogen) atoms. The zero-order chi connectivity index (χ0) is 13.5. The van der Waals surface area contributed by atoms with Crippen LogP contribution in [-0.2, 0) is 4.79 Å². The highest BCUT2D eigenvalue weighted by Crippen LogP contribution is 2.11. The van der Waals surface area contributed by atoms with Gasteiger partial charge in [-0.05, 0) is 34.5 Å². The molecule has 0 saturated heterocycles. The lowest BCUT2D eigenvalue weighted by atomic mass is 10.2. The molecule has 1 aromatic rings. The molecule has 0 saturated carbocycles. The number of likely N-dealkylation sites (N-methyl/N-ethyl adjacent to an activating group) is 1. The minimum Gasteiger partial charge on any atom is -0.358 e. The molecule has 5 nitrogen and oxygen atoms in total. The zero-order valence-corrected chi connectivity index (χ0v) is 12.0. The Morgan fingerprint density at radius 3 is 2.78 bits per heavy atom. The summed E-state index contributed by atoms with van der Waals surface area (Å²) < 4.78 is 0.602. The van der Waals surface area contributed by atoms with Crippen LogP contribution in [0, 0.1) is 0 Å². The average Bonchev–Trinajstić information content (AvgIpc) is 2.37. The lowest BCUT2D eigenvalue weighted by molar-refractivity contribution is -0.121. The van der Waals surface area contributed by atoms with Crippen LogP contribution in [0.3, 0.4) is 0 Å². The van der Waals surface area contributed by atoms with Crippen molar-refractivity contribution in [3.63, 3.8) is 0 Å². The molecule has 0 spiro atoms. The summed E-state index contributed by atoms with van der Waals surface area (Å²) in [6.45, 7) is 2.59. The Balaban J connectivity index is 2.85. The normalized spacial score (nSPS) is 9.94. The Labute approximate surface area is 115 Å². The molecule has 0 aromatic carbocycles. The van der Waals surface area contributed by atoms with Crippen LogP contribution in [0.15, 0.2) is 22.9 Å². The van der Waals surface area contributed by atoms with E-state index in [0.717, 1.165) is 6.42 Å². The van der Waals surface area contributed by atoms with Gasteiger partial charge in [0, 0.05) is 25.4 Å². The van der Waals surface area contributed by atoms with E-state index in [4.69, 9.17) is 0 Å². The molecule has 1 aromatic heterocycles. The molecule has 0 aliphatic rings. The number of nitrogens with one attached hydrogen (secondary N) is 1. The summed E-state index contributed by atoms with van der Waals surface area (Å²) in [5.41, 5.74) is 0.522. The van der Waals surface area contributed by atoms with E-state index in [-0.39, 0.29) is 18.4 Å². The average molecular weight is 314 g/mol. The summed E-state index contributed by atoms with van der Waals surface area (Å²) in [5, 5.41) is 2.52. The van der Waals surface area contributed by atoms with Gasteiger partial charge < -0.3 is 10.2 Å². The summed E-state index contributed by atoms with van der Waals surface area (Å²) in [7, 11) is 1.56. The van der Waals surface area contributed by atoms with Gasteiger partial charge in [-0.2, -0.15) is 0 Å². The van der Waals surface area contributed by atoms with Gasteiger partial charge in [-0.15, -0.1) is 0 Å². The molecule has 1 heterocycles. The first-order valence-corrected chi connectivity index (χ1v) is 6.49. The van der Waals surface area contributed by atoms with Crippen LogP contribution in [0.2, 0.25) is 0 Å². The van der Waals surface area contributed by atoms with Gasteiger partial charge in [-0.3, -0.25) is 9.59 Å². The molecule has 0 radical (unpaired) electrons. The monoisotopic (exact) mass is 313 g/mol. The highest BCUT2D eigenvalue weighted by Gasteiger charge is 2.17. The number of amides is 2. The quantitative estimate of drug-likeness (QED) is 0.837. The lowest BCUT2D eigenvalue weighted by Gasteiger charge is -2.21. The summed E-state index contributed by atoms with van der Waals surface area (Å²) in [4.78, 5) is 29.1. The molecule has 1 rings (SSSR count). The van der Waals surface area contributed by atoms with Crippen LogP contribution >= 0.6 is 15.9 Å². The minimum absolute atomic E-state index is 0.0725. The first kappa shape index (κ1) is 14.6. The molecule has 98 valence electrons. The Kier molecular flexibility index (Phi) is 5.77. The molecular weight excluding hydrogens is 298 g/mol. The highest BCUT2D eigenvalue weighted by atomic mass is 79.9. The molecule has 6 heteroatoms. The predicted molar refractivity (Wildman–Crippen MR) is 72.2 cm³/mol. The number of halogens is 1. The number of hydrogen-bond acceptors (Lipinski definition) is 3. The Hall–Kier alpha value is -1.43. The van der Waals surface area contributed by atoms with Crippen molar-refractivity contribution in [2.75, 3.05) is 20.1 Å². The Bertz CT molecular complexity index is 437. The maximum atomic E-state index is 12.2. The van der Waals surface area contributed by atoms with E-state index in [0.29, 0.717) is 16.7 Å². The predicted octanol–water partition coefficient (Wildman–Crippen LogP) is 1.44. The van der Waals surface area contributed by atoms with Crippen LogP contribution in [0.1, 0.15) is 23.7 Å². The molecule has 0 atom stereocenters. The molecule has 0 fully saturated rings. The number of carbonyl (C=O) groups excluding carboxylic acids is 2. The van der Waals surface area contributed by atoms with Gasteiger partial charge in [-0.1, -0.05) is 6.92 Å². The molecule has 0 aliphatic carbocycles. The van der Waals surface area contributed by atoms with E-state index in [9.17, 15) is 9.59 Å². The largest absolute Gasteiger partial charge is 0.358 e. The lowest BCUT2D eigenvalue weighted by Crippen LogP contribution is -2.40. The maximum absolute atomic E-state index is 12.2. The first-order valence-electron chi connectivity index (χ1n) is 5.70. The topological polar surface area (TPSA) is 62.3 Å². The molecule has 1 N–H and O–H groups in total. The summed E-state index contributed by atoms with van der Waals surface area (Å²) in [6, 6.07) is 3.29. The first-order chi connectivity index (χ1) is 8.58. The second-order valence-corrected chi connectivity index (χ2v) is 4.58. The maximum Gasteiger partial charge on any atom is 0.254 e. The van der Waals surface area contributed by atoms with E-state index >= 15 is 0 Å². The SMILES string of the molecule is CCCN(CC(=O)NC)C(=O)c1ccnc(Br)c1. The number of carbonyl (C=O) groups is 2. The van der Waals surface area contributed by atoms with Gasteiger partial charge in [-0.25, -0.2) is 4.98 Å². The van der Waals surface area contributed by atoms with Crippen molar-refractivity contribution in [1.82, 2.24) is 15.2 Å². The number of rotatable bonds is 5. The van der Waals surface area contributed by atoms with Crippen molar-refractivity contribution in [2.45, 2.75) is 13.3 Å². The van der Waals surface area contributed by atoms with Crippen molar-refractivity contribution in [1.29, 1.82) is 0 Å². The van der Waals surface area contributed by atoms with Gasteiger partial charge in [0.1, 0.15) is 4.60 Å². The van der Waals surface area contributed by atoms with Crippen LogP contribution in [0.25, 0.3) is 0 Å². The van der Waals surface area contributed by atoms with E-state index < -0.39 is 0 Å². The van der Waals surface area contributed by atoms with E-state index in [1.807, 2.05) is 6.92 Å². The second-order valence-electron chi connectivity index (χ2n) is 3.77. The summed E-state index contributed by atoms with van der Waals surface area (Å²) in [5.74, 6) is -0.339. The van der Waals surface area contributed by atoms with Crippen molar-refractivity contribution in [3.8, 4) is 0 Å². The fourth-order valence-electron chi connectivity index (χ4n) is 1.49. The molecule has 0 bridgehead atoms. The zero-order valence-electron chi connectivity index (χ0n) is 10.4. The number of nitrogens with zero attached hydrogens (tertiary/aromatic N) is 2. The third-order valence-corrected chi connectivity index (χ3v) is 2.80. The minimum atomic E-state index is -0.176. The Morgan fingerprint density at radius 1 is 1.50 bits per heavy atom. The third kappa shape index (κ3) is 4.10. The van der Waals surface area contributed by atoms with Gasteiger partial charge in [0.15, 0.2) is 0 Å². The van der Waals surface area contributed by atoms with Gasteiger partial charge in [0.25, 0.3) is 5.91 Å². The van der Waals surface area contributed by atoms with Gasteiger partial charge >= 0.3 is 0 Å². The third-order valence-electron chi connectivity index (χ3n) is 2.37. The van der Waals surface area contributed by atoms with Crippen molar-refractivity contribution >= 4 is 27.7 Å². The second kappa shape index (κ2) is 7.10. The van der Waals surface area contributed by atoms with E-state index in [1.165, 1.54) is 4.90 Å². The summed E-state index contributed by atoms with van der Waals surface area (Å²) >= 11 is 3.22. The summed E-state index contributed by atoms with van der Waals surface area (Å²) in [6.07, 6.45) is 2.36. The highest BCUT2D eigenvalue weighted by molar-refractivity contribution is 9.10. The van der Waals surface area contributed by atoms with Crippen molar-refractivity contribution in [3.05, 3.63) is 28.5 Å². The molecule has 2 amide bonds. The van der Waals surface area contributed by atoms with Crippen molar-refractivity contribution < 1.29 is 9.59 Å². The fraction of sp³-hybridized carbons (Fsp3) is 0.417. The number of pyridine rings is 1. The Morgan fingerprint density at radius 2 is 2.22 bits per heavy atom. The van der Waals surface area contributed by atoms with E-state index in [2.05, 4.69) is 26.2 Å². The standard InChI is InChI=1S/C12H16BrN3O2/c1-3-6-16(8-11(17)14-2)12(18)9-4-5-15-10(13)7-9/h4-5,7H,3,6,8H2,1-2H3,(H,14,17). The molecule has 0 aliphatic heterocycles. The number of hydrogen-bond donors (Lipinski definition) is 1. The van der Waals surface area contributed by atoms with Crippen molar-refractivity contribution in [2.24, 2.45) is 0 Å². The smallest absolute Gasteiger partial charge is 0.254 e. The number of aromatic nitrogens is 1. The van der Waals surface area contributed by atoms with Crippen LogP contribution in [0.4, 0.5) is 0 Å². The van der Waals surface area contributed by atoms with Crippen LogP contribution in [0.5, 0.6) is 0 Å². The van der Waals surface area contributed by atoms with Crippen LogP contribution in [-0.4, -0.2) is 41.8 Å².